The highest BCUT2D eigenvalue weighted by Gasteiger charge is 2.33. The van der Waals surface area contributed by atoms with Gasteiger partial charge in [-0.05, 0) is 47.0 Å². The summed E-state index contributed by atoms with van der Waals surface area (Å²) in [5.41, 5.74) is 2.56. The second kappa shape index (κ2) is 7.31. The standard InChI is InChI=1S/C13H30N2O2/c1-7-13(5,17-8-2)11(15-14)9-10-12(3,4)16-6/h11,15H,7-10,14H2,1-6H3. The van der Waals surface area contributed by atoms with Crippen molar-refractivity contribution < 1.29 is 9.47 Å². The van der Waals surface area contributed by atoms with Crippen molar-refractivity contribution in [2.45, 2.75) is 71.1 Å². The molecule has 0 spiro atoms. The van der Waals surface area contributed by atoms with E-state index in [0.29, 0.717) is 6.61 Å². The Kier molecular flexibility index (Phi) is 7.24. The van der Waals surface area contributed by atoms with Gasteiger partial charge in [0.15, 0.2) is 0 Å². The van der Waals surface area contributed by atoms with Gasteiger partial charge < -0.3 is 9.47 Å². The zero-order valence-corrected chi connectivity index (χ0v) is 12.3. The number of ether oxygens (including phenoxy) is 2. The van der Waals surface area contributed by atoms with Crippen LogP contribution in [0, 0.1) is 0 Å². The van der Waals surface area contributed by atoms with E-state index in [0.717, 1.165) is 19.3 Å². The molecule has 0 aromatic rings. The van der Waals surface area contributed by atoms with E-state index in [4.69, 9.17) is 15.3 Å². The predicted molar refractivity (Wildman–Crippen MR) is 71.8 cm³/mol. The van der Waals surface area contributed by atoms with Crippen LogP contribution in [0.2, 0.25) is 0 Å². The summed E-state index contributed by atoms with van der Waals surface area (Å²) in [5, 5.41) is 0. The van der Waals surface area contributed by atoms with Crippen molar-refractivity contribution in [3.05, 3.63) is 0 Å². The first kappa shape index (κ1) is 16.8. The van der Waals surface area contributed by atoms with Crippen molar-refractivity contribution in [3.63, 3.8) is 0 Å². The van der Waals surface area contributed by atoms with Crippen molar-refractivity contribution in [2.24, 2.45) is 5.84 Å². The van der Waals surface area contributed by atoms with Crippen LogP contribution in [0.4, 0.5) is 0 Å². The number of hydrazine groups is 1. The first-order valence-electron chi connectivity index (χ1n) is 6.50. The molecule has 0 aliphatic heterocycles. The number of hydrogen-bond acceptors (Lipinski definition) is 4. The maximum absolute atomic E-state index is 5.85. The quantitative estimate of drug-likeness (QED) is 0.484. The van der Waals surface area contributed by atoms with E-state index < -0.39 is 0 Å². The Hall–Kier alpha value is -0.160. The van der Waals surface area contributed by atoms with Crippen LogP contribution < -0.4 is 11.3 Å². The van der Waals surface area contributed by atoms with Gasteiger partial charge in [-0.1, -0.05) is 6.92 Å². The molecule has 0 aromatic carbocycles. The minimum atomic E-state index is -0.215. The van der Waals surface area contributed by atoms with Crippen LogP contribution in [0.5, 0.6) is 0 Å². The van der Waals surface area contributed by atoms with Crippen molar-refractivity contribution in [2.75, 3.05) is 13.7 Å². The molecule has 4 nitrogen and oxygen atoms in total. The van der Waals surface area contributed by atoms with Crippen LogP contribution in [0.3, 0.4) is 0 Å². The molecular weight excluding hydrogens is 216 g/mol. The molecule has 0 radical (unpaired) electrons. The first-order valence-corrected chi connectivity index (χ1v) is 6.50. The summed E-state index contributed by atoms with van der Waals surface area (Å²) in [5.74, 6) is 5.66. The van der Waals surface area contributed by atoms with Gasteiger partial charge in [-0.25, -0.2) is 0 Å². The zero-order valence-electron chi connectivity index (χ0n) is 12.3. The molecule has 0 saturated heterocycles. The second-order valence-corrected chi connectivity index (χ2v) is 5.32. The van der Waals surface area contributed by atoms with E-state index in [1.165, 1.54) is 0 Å². The maximum Gasteiger partial charge on any atom is 0.0817 e. The fraction of sp³-hybridized carbons (Fsp3) is 1.00. The third-order valence-electron chi connectivity index (χ3n) is 3.70. The van der Waals surface area contributed by atoms with Crippen LogP contribution in [0.25, 0.3) is 0 Å². The lowest BCUT2D eigenvalue weighted by atomic mass is 9.87. The topological polar surface area (TPSA) is 56.5 Å². The van der Waals surface area contributed by atoms with Crippen LogP contribution >= 0.6 is 0 Å². The Morgan fingerprint density at radius 2 is 1.82 bits per heavy atom. The minimum absolute atomic E-state index is 0.115. The molecule has 0 rings (SSSR count). The smallest absolute Gasteiger partial charge is 0.0817 e. The molecule has 0 saturated carbocycles. The van der Waals surface area contributed by atoms with Crippen molar-refractivity contribution in [3.8, 4) is 0 Å². The molecule has 4 heteroatoms. The normalized spacial score (nSPS) is 17.8. The van der Waals surface area contributed by atoms with Crippen molar-refractivity contribution >= 4 is 0 Å². The summed E-state index contributed by atoms with van der Waals surface area (Å²) in [6, 6.07) is 0.141. The van der Waals surface area contributed by atoms with Gasteiger partial charge in [0.25, 0.3) is 0 Å². The molecule has 0 aliphatic carbocycles. The van der Waals surface area contributed by atoms with E-state index in [1.54, 1.807) is 7.11 Å². The summed E-state index contributed by atoms with van der Waals surface area (Å²) < 4.78 is 11.3. The molecule has 2 atom stereocenters. The largest absolute Gasteiger partial charge is 0.379 e. The molecule has 17 heavy (non-hydrogen) atoms. The Labute approximate surface area is 106 Å². The Bertz CT molecular complexity index is 210. The summed E-state index contributed by atoms with van der Waals surface area (Å²) >= 11 is 0. The van der Waals surface area contributed by atoms with E-state index in [2.05, 4.69) is 33.1 Å². The molecule has 2 unspecified atom stereocenters. The molecule has 104 valence electrons. The average molecular weight is 246 g/mol. The SMILES string of the molecule is CCOC(C)(CC)C(CCC(C)(C)OC)NN. The highest BCUT2D eigenvalue weighted by atomic mass is 16.5. The summed E-state index contributed by atoms with van der Waals surface area (Å²) in [7, 11) is 1.74. The van der Waals surface area contributed by atoms with E-state index in [9.17, 15) is 0 Å². The van der Waals surface area contributed by atoms with Gasteiger partial charge in [0.1, 0.15) is 0 Å². The summed E-state index contributed by atoms with van der Waals surface area (Å²) in [6.07, 6.45) is 2.81. The van der Waals surface area contributed by atoms with Gasteiger partial charge in [-0.15, -0.1) is 0 Å². The molecule has 0 heterocycles. The monoisotopic (exact) mass is 246 g/mol. The molecule has 3 N–H and O–H groups in total. The highest BCUT2D eigenvalue weighted by Crippen LogP contribution is 2.26. The van der Waals surface area contributed by atoms with Crippen LogP contribution in [-0.4, -0.2) is 31.0 Å². The predicted octanol–water partition coefficient (Wildman–Crippen LogP) is 2.23. The van der Waals surface area contributed by atoms with Gasteiger partial charge in [-0.3, -0.25) is 11.3 Å². The Morgan fingerprint density at radius 3 is 2.18 bits per heavy atom. The van der Waals surface area contributed by atoms with Gasteiger partial charge in [0, 0.05) is 19.8 Å². The van der Waals surface area contributed by atoms with E-state index in [-0.39, 0.29) is 17.2 Å². The number of hydrogen-bond donors (Lipinski definition) is 2. The lowest BCUT2D eigenvalue weighted by Gasteiger charge is -2.37. The highest BCUT2D eigenvalue weighted by molar-refractivity contribution is 4.89. The lowest BCUT2D eigenvalue weighted by molar-refractivity contribution is -0.0643. The van der Waals surface area contributed by atoms with Crippen molar-refractivity contribution in [1.29, 1.82) is 0 Å². The minimum Gasteiger partial charge on any atom is -0.379 e. The van der Waals surface area contributed by atoms with E-state index in [1.807, 2.05) is 6.92 Å². The molecule has 0 aliphatic rings. The second-order valence-electron chi connectivity index (χ2n) is 5.32. The van der Waals surface area contributed by atoms with Gasteiger partial charge >= 0.3 is 0 Å². The molecule has 0 amide bonds. The maximum atomic E-state index is 5.85. The third-order valence-corrected chi connectivity index (χ3v) is 3.70. The summed E-state index contributed by atoms with van der Waals surface area (Å²) in [6.45, 7) is 11.1. The third kappa shape index (κ3) is 5.34. The molecular formula is C13H30N2O2. The molecule has 0 fully saturated rings. The summed E-state index contributed by atoms with van der Waals surface area (Å²) in [4.78, 5) is 0. The van der Waals surface area contributed by atoms with Gasteiger partial charge in [-0.2, -0.15) is 0 Å². The zero-order chi connectivity index (χ0) is 13.5. The first-order chi connectivity index (χ1) is 7.85. The molecule has 0 bridgehead atoms. The van der Waals surface area contributed by atoms with Gasteiger partial charge in [0.05, 0.1) is 11.2 Å². The van der Waals surface area contributed by atoms with E-state index >= 15 is 0 Å². The fourth-order valence-electron chi connectivity index (χ4n) is 1.94. The number of methoxy groups -OCH3 is 1. The average Bonchev–Trinajstić information content (AvgIpc) is 2.30. The van der Waals surface area contributed by atoms with Crippen LogP contribution in [0.15, 0.2) is 0 Å². The fourth-order valence-corrected chi connectivity index (χ4v) is 1.94. The Morgan fingerprint density at radius 1 is 1.24 bits per heavy atom. The van der Waals surface area contributed by atoms with Gasteiger partial charge in [0.2, 0.25) is 0 Å². The number of nitrogens with one attached hydrogen (secondary N) is 1. The van der Waals surface area contributed by atoms with Crippen LogP contribution in [0.1, 0.15) is 53.9 Å². The lowest BCUT2D eigenvalue weighted by Crippen LogP contribution is -2.53. The Balaban J connectivity index is 4.49. The van der Waals surface area contributed by atoms with Crippen LogP contribution in [-0.2, 0) is 9.47 Å². The van der Waals surface area contributed by atoms with Crippen molar-refractivity contribution in [1.82, 2.24) is 5.43 Å². The number of rotatable bonds is 9. The molecule has 0 aromatic heterocycles. The number of nitrogens with two attached hydrogens (primary N) is 1.